The molecule has 0 saturated heterocycles. The van der Waals surface area contributed by atoms with E-state index in [1.165, 1.54) is 0 Å². The quantitative estimate of drug-likeness (QED) is 0.616. The number of rotatable bonds is 5. The summed E-state index contributed by atoms with van der Waals surface area (Å²) in [6.07, 6.45) is 4.08. The minimum atomic E-state index is 0.287. The average molecular weight is 223 g/mol. The van der Waals surface area contributed by atoms with Crippen molar-refractivity contribution in [1.82, 2.24) is 0 Å². The van der Waals surface area contributed by atoms with Crippen molar-refractivity contribution in [2.75, 3.05) is 12.0 Å². The topological polar surface area (TPSA) is 43.1 Å². The largest absolute Gasteiger partial charge is 0.399 e. The molecule has 15 heavy (non-hydrogen) atoms. The maximum absolute atomic E-state index is 11.5. The molecule has 0 fully saturated rings. The minimum Gasteiger partial charge on any atom is -0.399 e. The first kappa shape index (κ1) is 12.1. The molecule has 0 amide bonds. The Morgan fingerprint density at radius 2 is 2.13 bits per heavy atom. The maximum Gasteiger partial charge on any atom is 0.137 e. The van der Waals surface area contributed by atoms with Gasteiger partial charge in [-0.25, -0.2) is 0 Å². The number of Topliss-reactive ketones (excluding diaryl/α,β-unsaturated/α-hetero) is 1. The van der Waals surface area contributed by atoms with Gasteiger partial charge >= 0.3 is 0 Å². The van der Waals surface area contributed by atoms with Gasteiger partial charge in [-0.1, -0.05) is 6.92 Å². The highest BCUT2D eigenvalue weighted by Crippen LogP contribution is 2.21. The van der Waals surface area contributed by atoms with Crippen molar-refractivity contribution in [2.45, 2.75) is 31.1 Å². The van der Waals surface area contributed by atoms with Crippen molar-refractivity contribution in [1.29, 1.82) is 0 Å². The van der Waals surface area contributed by atoms with Crippen LogP contribution in [0.1, 0.15) is 25.3 Å². The second kappa shape index (κ2) is 5.81. The standard InChI is InChI=1S/C12H17NOS/c1-3-4-11(14)6-9-5-10(13)8-12(7-9)15-2/h5,7-8H,3-4,6,13H2,1-2H3. The molecule has 0 aliphatic rings. The Morgan fingerprint density at radius 3 is 2.73 bits per heavy atom. The fraction of sp³-hybridized carbons (Fsp3) is 0.417. The van der Waals surface area contributed by atoms with E-state index in [2.05, 4.69) is 0 Å². The highest BCUT2D eigenvalue weighted by Gasteiger charge is 2.04. The number of carbonyl (C=O) groups is 1. The molecule has 0 spiro atoms. The summed E-state index contributed by atoms with van der Waals surface area (Å²) >= 11 is 1.65. The van der Waals surface area contributed by atoms with Crippen molar-refractivity contribution >= 4 is 23.2 Å². The summed E-state index contributed by atoms with van der Waals surface area (Å²) in [6, 6.07) is 5.85. The molecule has 1 aromatic rings. The molecule has 0 saturated carbocycles. The van der Waals surface area contributed by atoms with Crippen LogP contribution in [0.15, 0.2) is 23.1 Å². The van der Waals surface area contributed by atoms with Crippen molar-refractivity contribution < 1.29 is 4.79 Å². The van der Waals surface area contributed by atoms with Gasteiger partial charge in [0.25, 0.3) is 0 Å². The number of ketones is 1. The predicted octanol–water partition coefficient (Wildman–Crippen LogP) is 2.90. The van der Waals surface area contributed by atoms with Crippen molar-refractivity contribution in [3.8, 4) is 0 Å². The maximum atomic E-state index is 11.5. The highest BCUT2D eigenvalue weighted by atomic mass is 32.2. The molecule has 0 radical (unpaired) electrons. The van der Waals surface area contributed by atoms with Crippen molar-refractivity contribution in [3.05, 3.63) is 23.8 Å². The van der Waals surface area contributed by atoms with E-state index in [1.54, 1.807) is 11.8 Å². The molecular formula is C12H17NOS. The van der Waals surface area contributed by atoms with E-state index in [-0.39, 0.29) is 5.78 Å². The molecule has 3 heteroatoms. The van der Waals surface area contributed by atoms with Crippen LogP contribution in [0, 0.1) is 0 Å². The average Bonchev–Trinajstić information content (AvgIpc) is 2.17. The van der Waals surface area contributed by atoms with Crippen LogP contribution < -0.4 is 5.73 Å². The van der Waals surface area contributed by atoms with E-state index < -0.39 is 0 Å². The van der Waals surface area contributed by atoms with Crippen LogP contribution in [0.2, 0.25) is 0 Å². The van der Waals surface area contributed by atoms with Crippen LogP contribution in [0.4, 0.5) is 5.69 Å². The van der Waals surface area contributed by atoms with Crippen LogP contribution in [-0.4, -0.2) is 12.0 Å². The number of thioether (sulfide) groups is 1. The van der Waals surface area contributed by atoms with Gasteiger partial charge in [0.05, 0.1) is 0 Å². The van der Waals surface area contributed by atoms with E-state index in [1.807, 2.05) is 31.4 Å². The van der Waals surface area contributed by atoms with Crippen LogP contribution >= 0.6 is 11.8 Å². The van der Waals surface area contributed by atoms with Gasteiger partial charge in [-0.2, -0.15) is 0 Å². The molecule has 0 bridgehead atoms. The Labute approximate surface area is 95.2 Å². The summed E-state index contributed by atoms with van der Waals surface area (Å²) in [5, 5.41) is 0. The van der Waals surface area contributed by atoms with Crippen LogP contribution in [0.3, 0.4) is 0 Å². The zero-order valence-corrected chi connectivity index (χ0v) is 10.1. The van der Waals surface area contributed by atoms with E-state index >= 15 is 0 Å². The Bertz CT molecular complexity index is 349. The third-order valence-corrected chi connectivity index (χ3v) is 2.86. The zero-order valence-electron chi connectivity index (χ0n) is 9.25. The Morgan fingerprint density at radius 1 is 1.40 bits per heavy atom. The number of anilines is 1. The SMILES string of the molecule is CCCC(=O)Cc1cc(N)cc(SC)c1. The number of hydrogen-bond acceptors (Lipinski definition) is 3. The Hall–Kier alpha value is -0.960. The summed E-state index contributed by atoms with van der Waals surface area (Å²) in [5.41, 5.74) is 7.52. The second-order valence-corrected chi connectivity index (χ2v) is 4.46. The third kappa shape index (κ3) is 3.96. The highest BCUT2D eigenvalue weighted by molar-refractivity contribution is 7.98. The van der Waals surface area contributed by atoms with E-state index in [0.717, 1.165) is 22.6 Å². The molecule has 0 aliphatic carbocycles. The van der Waals surface area contributed by atoms with Gasteiger partial charge in [0.1, 0.15) is 5.78 Å². The smallest absolute Gasteiger partial charge is 0.137 e. The van der Waals surface area contributed by atoms with E-state index in [0.29, 0.717) is 12.8 Å². The summed E-state index contributed by atoms with van der Waals surface area (Å²) in [5.74, 6) is 0.287. The van der Waals surface area contributed by atoms with Crippen LogP contribution in [0.25, 0.3) is 0 Å². The molecule has 0 atom stereocenters. The Kier molecular flexibility index (Phi) is 4.69. The Balaban J connectivity index is 2.76. The number of carbonyl (C=O) groups excluding carboxylic acids is 1. The first-order valence-corrected chi connectivity index (χ1v) is 6.33. The van der Waals surface area contributed by atoms with Gasteiger partial charge in [-0.05, 0) is 36.4 Å². The monoisotopic (exact) mass is 223 g/mol. The second-order valence-electron chi connectivity index (χ2n) is 3.58. The third-order valence-electron chi connectivity index (χ3n) is 2.15. The predicted molar refractivity (Wildman–Crippen MR) is 66.3 cm³/mol. The van der Waals surface area contributed by atoms with E-state index in [9.17, 15) is 4.79 Å². The van der Waals surface area contributed by atoms with Gasteiger partial charge in [0.15, 0.2) is 0 Å². The fourth-order valence-electron chi connectivity index (χ4n) is 1.50. The van der Waals surface area contributed by atoms with Gasteiger partial charge in [0.2, 0.25) is 0 Å². The number of hydrogen-bond donors (Lipinski definition) is 1. The molecular weight excluding hydrogens is 206 g/mol. The summed E-state index contributed by atoms with van der Waals surface area (Å²) in [7, 11) is 0. The van der Waals surface area contributed by atoms with Gasteiger partial charge in [0, 0.05) is 23.4 Å². The molecule has 0 heterocycles. The molecule has 1 aromatic carbocycles. The molecule has 82 valence electrons. The molecule has 2 nitrogen and oxygen atoms in total. The lowest BCUT2D eigenvalue weighted by Crippen LogP contribution is -2.02. The van der Waals surface area contributed by atoms with Crippen molar-refractivity contribution in [2.24, 2.45) is 0 Å². The summed E-state index contributed by atoms with van der Waals surface area (Å²) in [6.45, 7) is 2.02. The van der Waals surface area contributed by atoms with Crippen LogP contribution in [-0.2, 0) is 11.2 Å². The van der Waals surface area contributed by atoms with Gasteiger partial charge in [-0.15, -0.1) is 11.8 Å². The number of benzene rings is 1. The molecule has 0 aliphatic heterocycles. The number of nitrogen functional groups attached to an aromatic ring is 1. The lowest BCUT2D eigenvalue weighted by molar-refractivity contribution is -0.118. The van der Waals surface area contributed by atoms with Gasteiger partial charge < -0.3 is 5.73 Å². The fourth-order valence-corrected chi connectivity index (χ4v) is 2.02. The van der Waals surface area contributed by atoms with Crippen molar-refractivity contribution in [3.63, 3.8) is 0 Å². The van der Waals surface area contributed by atoms with Crippen LogP contribution in [0.5, 0.6) is 0 Å². The molecule has 0 unspecified atom stereocenters. The molecule has 1 rings (SSSR count). The lowest BCUT2D eigenvalue weighted by Gasteiger charge is -2.05. The first-order valence-electron chi connectivity index (χ1n) is 5.10. The van der Waals surface area contributed by atoms with Gasteiger partial charge in [-0.3, -0.25) is 4.79 Å². The lowest BCUT2D eigenvalue weighted by atomic mass is 10.1. The molecule has 2 N–H and O–H groups in total. The first-order chi connectivity index (χ1) is 7.15. The normalized spacial score (nSPS) is 10.3. The summed E-state index contributed by atoms with van der Waals surface area (Å²) in [4.78, 5) is 12.6. The zero-order chi connectivity index (χ0) is 11.3. The number of nitrogens with two attached hydrogens (primary N) is 1. The molecule has 0 aromatic heterocycles. The van der Waals surface area contributed by atoms with E-state index in [4.69, 9.17) is 5.73 Å². The summed E-state index contributed by atoms with van der Waals surface area (Å²) < 4.78 is 0. The minimum absolute atomic E-state index is 0.287.